The van der Waals surface area contributed by atoms with Gasteiger partial charge in [-0.1, -0.05) is 17.3 Å². The maximum atomic E-state index is 12.8. The summed E-state index contributed by atoms with van der Waals surface area (Å²) in [6, 6.07) is 5.76. The molecule has 2 N–H and O–H groups in total. The van der Waals surface area contributed by atoms with Crippen molar-refractivity contribution in [3.8, 4) is 0 Å². The predicted octanol–water partition coefficient (Wildman–Crippen LogP) is 2.35. The highest BCUT2D eigenvalue weighted by atomic mass is 32.1. The van der Waals surface area contributed by atoms with Crippen molar-refractivity contribution in [3.63, 3.8) is 0 Å². The third-order valence-corrected chi connectivity index (χ3v) is 3.21. The molecule has 0 aliphatic carbocycles. The number of esters is 1. The predicted molar refractivity (Wildman–Crippen MR) is 80.9 cm³/mol. The summed E-state index contributed by atoms with van der Waals surface area (Å²) in [5, 5.41) is 5.68. The van der Waals surface area contributed by atoms with E-state index >= 15 is 0 Å². The molecule has 1 heterocycles. The van der Waals surface area contributed by atoms with Crippen LogP contribution in [0.1, 0.15) is 18.2 Å². The Labute approximate surface area is 130 Å². The van der Waals surface area contributed by atoms with Crippen molar-refractivity contribution in [1.29, 1.82) is 0 Å². The largest absolute Gasteiger partial charge is 0.461 e. The number of thiazole rings is 1. The summed E-state index contributed by atoms with van der Waals surface area (Å²) in [4.78, 5) is 21.0. The van der Waals surface area contributed by atoms with Crippen molar-refractivity contribution in [2.75, 3.05) is 12.3 Å². The summed E-state index contributed by atoms with van der Waals surface area (Å²) < 4.78 is 17.7. The fourth-order valence-corrected chi connectivity index (χ4v) is 2.08. The Kier molecular flexibility index (Phi) is 5.42. The Balaban J connectivity index is 2.10. The molecule has 1 aromatic heterocycles. The highest BCUT2D eigenvalue weighted by Gasteiger charge is 2.19. The molecular formula is C14H14FN3O3S. The first-order valence-electron chi connectivity index (χ1n) is 6.43. The van der Waals surface area contributed by atoms with Crippen LogP contribution in [0.2, 0.25) is 0 Å². The molecule has 0 spiro atoms. The number of carbonyl (C=O) groups excluding carboxylic acids is 1. The van der Waals surface area contributed by atoms with Crippen LogP contribution < -0.4 is 5.73 Å². The maximum absolute atomic E-state index is 12.8. The smallest absolute Gasteiger partial charge is 0.362 e. The lowest BCUT2D eigenvalue weighted by Crippen LogP contribution is -2.19. The van der Waals surface area contributed by atoms with E-state index in [1.54, 1.807) is 24.4 Å². The molecule has 22 heavy (non-hydrogen) atoms. The van der Waals surface area contributed by atoms with Crippen molar-refractivity contribution in [1.82, 2.24) is 4.98 Å². The number of nitrogens with two attached hydrogens (primary N) is 1. The minimum Gasteiger partial charge on any atom is -0.461 e. The lowest BCUT2D eigenvalue weighted by atomic mass is 10.2. The van der Waals surface area contributed by atoms with E-state index in [1.807, 2.05) is 0 Å². The summed E-state index contributed by atoms with van der Waals surface area (Å²) in [5.74, 6) is -0.982. The Morgan fingerprint density at radius 3 is 2.73 bits per heavy atom. The van der Waals surface area contributed by atoms with Crippen molar-refractivity contribution < 1.29 is 18.8 Å². The van der Waals surface area contributed by atoms with Gasteiger partial charge in [-0.25, -0.2) is 14.2 Å². The van der Waals surface area contributed by atoms with Crippen molar-refractivity contribution in [3.05, 3.63) is 46.7 Å². The molecule has 1 aromatic carbocycles. The van der Waals surface area contributed by atoms with Gasteiger partial charge in [-0.15, -0.1) is 11.3 Å². The average molecular weight is 323 g/mol. The summed E-state index contributed by atoms with van der Waals surface area (Å²) >= 11 is 1.18. The topological polar surface area (TPSA) is 86.8 Å². The van der Waals surface area contributed by atoms with Gasteiger partial charge in [0.2, 0.25) is 5.71 Å². The second-order valence-corrected chi connectivity index (χ2v) is 5.02. The van der Waals surface area contributed by atoms with Crippen LogP contribution >= 0.6 is 11.3 Å². The first-order chi connectivity index (χ1) is 10.6. The van der Waals surface area contributed by atoms with E-state index in [9.17, 15) is 9.18 Å². The number of benzene rings is 1. The molecule has 0 unspecified atom stereocenters. The van der Waals surface area contributed by atoms with Crippen LogP contribution in [0.15, 0.2) is 34.8 Å². The third kappa shape index (κ3) is 4.26. The molecule has 2 aromatic rings. The number of halogens is 1. The Morgan fingerprint density at radius 2 is 2.14 bits per heavy atom. The van der Waals surface area contributed by atoms with E-state index in [0.717, 1.165) is 0 Å². The number of rotatable bonds is 6. The number of oxime groups is 1. The molecule has 0 amide bonds. The Bertz CT molecular complexity index is 670. The van der Waals surface area contributed by atoms with Crippen molar-refractivity contribution in [2.24, 2.45) is 5.16 Å². The Hall–Kier alpha value is -2.48. The van der Waals surface area contributed by atoms with Crippen LogP contribution in [0.3, 0.4) is 0 Å². The fourth-order valence-electron chi connectivity index (χ4n) is 1.54. The highest BCUT2D eigenvalue weighted by molar-refractivity contribution is 7.13. The van der Waals surface area contributed by atoms with Crippen LogP contribution in [0, 0.1) is 5.82 Å². The maximum Gasteiger partial charge on any atom is 0.362 e. The molecule has 116 valence electrons. The normalized spacial score (nSPS) is 11.3. The van der Waals surface area contributed by atoms with Gasteiger partial charge in [0.25, 0.3) is 0 Å². The molecule has 0 saturated heterocycles. The van der Waals surface area contributed by atoms with E-state index in [1.165, 1.54) is 23.5 Å². The van der Waals surface area contributed by atoms with Gasteiger partial charge >= 0.3 is 5.97 Å². The third-order valence-electron chi connectivity index (χ3n) is 2.53. The molecule has 0 aliphatic rings. The second kappa shape index (κ2) is 7.51. The average Bonchev–Trinajstić information content (AvgIpc) is 2.92. The van der Waals surface area contributed by atoms with Gasteiger partial charge in [-0.05, 0) is 24.6 Å². The summed E-state index contributed by atoms with van der Waals surface area (Å²) in [6.45, 7) is 1.97. The number of nitrogens with zero attached hydrogens (tertiary/aromatic N) is 2. The molecular weight excluding hydrogens is 309 g/mol. The summed E-state index contributed by atoms with van der Waals surface area (Å²) in [7, 11) is 0. The first-order valence-corrected chi connectivity index (χ1v) is 7.31. The molecule has 0 fully saturated rings. The molecule has 2 rings (SSSR count). The summed E-state index contributed by atoms with van der Waals surface area (Å²) in [5.41, 5.74) is 6.50. The SMILES string of the molecule is CCOC(=O)/C(=N/OCc1ccc(F)cc1)c1csc(N)n1. The number of aromatic nitrogens is 1. The number of hydrogen-bond acceptors (Lipinski definition) is 7. The highest BCUT2D eigenvalue weighted by Crippen LogP contribution is 2.13. The zero-order chi connectivity index (χ0) is 15.9. The number of hydrogen-bond donors (Lipinski definition) is 1. The zero-order valence-electron chi connectivity index (χ0n) is 11.8. The quantitative estimate of drug-likeness (QED) is 0.501. The zero-order valence-corrected chi connectivity index (χ0v) is 12.6. The number of nitrogen functional groups attached to an aromatic ring is 1. The second-order valence-electron chi connectivity index (χ2n) is 4.13. The van der Waals surface area contributed by atoms with Gasteiger partial charge in [-0.3, -0.25) is 0 Å². The minimum atomic E-state index is -0.646. The monoisotopic (exact) mass is 323 g/mol. The number of carbonyl (C=O) groups is 1. The standard InChI is InChI=1S/C14H14FN3O3S/c1-2-20-13(19)12(11-8-22-14(16)17-11)18-21-7-9-3-5-10(15)6-4-9/h3-6,8H,2,7H2,1H3,(H2,16,17)/b18-12+. The summed E-state index contributed by atoms with van der Waals surface area (Å²) in [6.07, 6.45) is 0. The van der Waals surface area contributed by atoms with Crippen molar-refractivity contribution in [2.45, 2.75) is 13.5 Å². The molecule has 0 aliphatic heterocycles. The van der Waals surface area contributed by atoms with Crippen LogP contribution in [-0.4, -0.2) is 23.3 Å². The van der Waals surface area contributed by atoms with E-state index in [0.29, 0.717) is 16.4 Å². The van der Waals surface area contributed by atoms with Gasteiger partial charge in [0.05, 0.1) is 6.61 Å². The first kappa shape index (κ1) is 15.9. The molecule has 0 bridgehead atoms. The van der Waals surface area contributed by atoms with Crippen LogP contribution in [0.25, 0.3) is 0 Å². The van der Waals surface area contributed by atoms with Crippen molar-refractivity contribution >= 4 is 28.1 Å². The fraction of sp³-hybridized carbons (Fsp3) is 0.214. The Morgan fingerprint density at radius 1 is 1.41 bits per heavy atom. The molecule has 0 atom stereocenters. The molecule has 0 saturated carbocycles. The van der Waals surface area contributed by atoms with E-state index in [-0.39, 0.29) is 24.7 Å². The minimum absolute atomic E-state index is 0.0584. The number of ether oxygens (including phenoxy) is 1. The van der Waals surface area contributed by atoms with Crippen LogP contribution in [0.5, 0.6) is 0 Å². The van der Waals surface area contributed by atoms with Crippen LogP contribution in [-0.2, 0) is 21.0 Å². The van der Waals surface area contributed by atoms with E-state index in [2.05, 4.69) is 10.1 Å². The van der Waals surface area contributed by atoms with E-state index < -0.39 is 5.97 Å². The van der Waals surface area contributed by atoms with Gasteiger partial charge in [0.15, 0.2) is 5.13 Å². The number of anilines is 1. The van der Waals surface area contributed by atoms with Crippen LogP contribution in [0.4, 0.5) is 9.52 Å². The van der Waals surface area contributed by atoms with Gasteiger partial charge in [0.1, 0.15) is 18.1 Å². The van der Waals surface area contributed by atoms with Gasteiger partial charge in [0, 0.05) is 5.38 Å². The van der Waals surface area contributed by atoms with E-state index in [4.69, 9.17) is 15.3 Å². The lowest BCUT2D eigenvalue weighted by molar-refractivity contribution is -0.135. The van der Waals surface area contributed by atoms with Gasteiger partial charge < -0.3 is 15.3 Å². The van der Waals surface area contributed by atoms with Gasteiger partial charge in [-0.2, -0.15) is 0 Å². The molecule has 0 radical (unpaired) electrons. The lowest BCUT2D eigenvalue weighted by Gasteiger charge is -2.04. The molecule has 6 nitrogen and oxygen atoms in total. The molecule has 8 heteroatoms.